The SMILES string of the molecule is CC(Cc1cc(C(C)(C)C)cc(C(C)(C)C)c1C(C)(C)C)c1cc(C(C)(C)C)c(C(C)(C)C)c(C(C)(C)C)c1C(C)(C)C. The molecule has 0 saturated carbocycles. The molecule has 0 spiro atoms. The van der Waals surface area contributed by atoms with Crippen molar-refractivity contribution < 1.29 is 0 Å². The predicted molar refractivity (Wildman–Crippen MR) is 196 cm³/mol. The molecule has 0 aromatic heterocycles. The molecule has 0 aliphatic carbocycles. The Morgan fingerprint density at radius 2 is 0.767 bits per heavy atom. The zero-order valence-electron chi connectivity index (χ0n) is 33.0. The second kappa shape index (κ2) is 11.4. The summed E-state index contributed by atoms with van der Waals surface area (Å²) in [5, 5.41) is 0. The highest BCUT2D eigenvalue weighted by Gasteiger charge is 2.39. The quantitative estimate of drug-likeness (QED) is 0.334. The molecule has 0 bridgehead atoms. The molecule has 0 heterocycles. The highest BCUT2D eigenvalue weighted by Crippen LogP contribution is 2.49. The molecule has 0 aliphatic heterocycles. The molecule has 0 fully saturated rings. The maximum absolute atomic E-state index is 2.65. The molecule has 1 unspecified atom stereocenters. The van der Waals surface area contributed by atoms with Crippen LogP contribution in [0.3, 0.4) is 0 Å². The third-order valence-corrected chi connectivity index (χ3v) is 9.12. The molecule has 0 N–H and O–H groups in total. The molecule has 0 nitrogen and oxygen atoms in total. The van der Waals surface area contributed by atoms with Gasteiger partial charge in [-0.3, -0.25) is 0 Å². The first kappa shape index (κ1) is 37.6. The molecule has 2 aromatic rings. The van der Waals surface area contributed by atoms with E-state index in [1.807, 2.05) is 0 Å². The Hall–Kier alpha value is -1.56. The largest absolute Gasteiger partial charge is 0.0581 e. The molecule has 2 rings (SSSR count). The highest BCUT2D eigenvalue weighted by atomic mass is 14.4. The highest BCUT2D eigenvalue weighted by molar-refractivity contribution is 5.58. The summed E-state index contributed by atoms with van der Waals surface area (Å²) >= 11 is 0. The van der Waals surface area contributed by atoms with Crippen LogP contribution in [0.5, 0.6) is 0 Å². The van der Waals surface area contributed by atoms with Gasteiger partial charge in [-0.2, -0.15) is 0 Å². The first-order chi connectivity index (χ1) is 18.7. The fourth-order valence-electron chi connectivity index (χ4n) is 7.23. The van der Waals surface area contributed by atoms with Gasteiger partial charge in [0.25, 0.3) is 0 Å². The van der Waals surface area contributed by atoms with E-state index >= 15 is 0 Å². The van der Waals surface area contributed by atoms with Gasteiger partial charge in [-0.25, -0.2) is 0 Å². The van der Waals surface area contributed by atoms with Gasteiger partial charge in [0.1, 0.15) is 0 Å². The summed E-state index contributed by atoms with van der Waals surface area (Å²) in [6, 6.07) is 7.75. The van der Waals surface area contributed by atoms with E-state index in [0.29, 0.717) is 5.92 Å². The molecule has 0 saturated heterocycles. The van der Waals surface area contributed by atoms with Crippen molar-refractivity contribution in [1.29, 1.82) is 0 Å². The lowest BCUT2D eigenvalue weighted by atomic mass is 9.62. The summed E-state index contributed by atoms with van der Waals surface area (Å²) in [5.41, 5.74) is 14.2. The predicted octanol–water partition coefficient (Wildman–Crippen LogP) is 13.1. The molecule has 2 aromatic carbocycles. The van der Waals surface area contributed by atoms with Gasteiger partial charge in [0.2, 0.25) is 0 Å². The van der Waals surface area contributed by atoms with Crippen LogP contribution >= 0.6 is 0 Å². The Bertz CT molecular complexity index is 1290. The molecule has 0 amide bonds. The van der Waals surface area contributed by atoms with Crippen molar-refractivity contribution in [2.45, 2.75) is 203 Å². The van der Waals surface area contributed by atoms with E-state index in [4.69, 9.17) is 0 Å². The summed E-state index contributed by atoms with van der Waals surface area (Å²) < 4.78 is 0. The van der Waals surface area contributed by atoms with Crippen molar-refractivity contribution >= 4 is 0 Å². The van der Waals surface area contributed by atoms with Gasteiger partial charge in [-0.15, -0.1) is 0 Å². The minimum Gasteiger partial charge on any atom is -0.0581 e. The van der Waals surface area contributed by atoms with E-state index in [9.17, 15) is 0 Å². The number of hydrogen-bond donors (Lipinski definition) is 0. The summed E-state index contributed by atoms with van der Waals surface area (Å²) in [6.45, 7) is 53.2. The molecular formula is C43H72. The van der Waals surface area contributed by atoms with E-state index in [2.05, 4.69) is 171 Å². The van der Waals surface area contributed by atoms with Crippen molar-refractivity contribution in [3.8, 4) is 0 Å². The minimum absolute atomic E-state index is 0.0271. The van der Waals surface area contributed by atoms with E-state index in [-0.39, 0.29) is 37.9 Å². The first-order valence-corrected chi connectivity index (χ1v) is 17.1. The van der Waals surface area contributed by atoms with Crippen molar-refractivity contribution in [3.05, 3.63) is 68.3 Å². The lowest BCUT2D eigenvalue weighted by molar-refractivity contribution is 0.470. The Morgan fingerprint density at radius 1 is 0.395 bits per heavy atom. The van der Waals surface area contributed by atoms with Gasteiger partial charge >= 0.3 is 0 Å². The van der Waals surface area contributed by atoms with Gasteiger partial charge in [0.05, 0.1) is 0 Å². The Balaban J connectivity index is 3.16. The molecular weight excluding hydrogens is 516 g/mol. The topological polar surface area (TPSA) is 0 Å². The lowest BCUT2D eigenvalue weighted by Crippen LogP contribution is -2.34. The second-order valence-corrected chi connectivity index (χ2v) is 21.1. The van der Waals surface area contributed by atoms with E-state index in [0.717, 1.165) is 6.42 Å². The molecule has 43 heavy (non-hydrogen) atoms. The van der Waals surface area contributed by atoms with Crippen LogP contribution in [0.1, 0.15) is 208 Å². The molecule has 1 atom stereocenters. The average Bonchev–Trinajstić information content (AvgIpc) is 2.72. The summed E-state index contributed by atoms with van der Waals surface area (Å²) in [6.07, 6.45) is 1.05. The minimum atomic E-state index is 0.0271. The van der Waals surface area contributed by atoms with Gasteiger partial charge < -0.3 is 0 Å². The molecule has 0 aliphatic rings. The Labute approximate surface area is 270 Å². The monoisotopic (exact) mass is 589 g/mol. The zero-order valence-corrected chi connectivity index (χ0v) is 33.0. The second-order valence-electron chi connectivity index (χ2n) is 21.1. The van der Waals surface area contributed by atoms with Crippen molar-refractivity contribution in [1.82, 2.24) is 0 Å². The zero-order chi connectivity index (χ0) is 34.1. The van der Waals surface area contributed by atoms with E-state index in [1.54, 1.807) is 27.8 Å². The summed E-state index contributed by atoms with van der Waals surface area (Å²) in [4.78, 5) is 0. The van der Waals surface area contributed by atoms with Gasteiger partial charge in [-0.1, -0.05) is 171 Å². The normalized spacial score (nSPS) is 15.2. The van der Waals surface area contributed by atoms with Crippen LogP contribution in [0.25, 0.3) is 0 Å². The number of hydrogen-bond acceptors (Lipinski definition) is 0. The molecule has 244 valence electrons. The van der Waals surface area contributed by atoms with Crippen LogP contribution in [0.15, 0.2) is 18.2 Å². The van der Waals surface area contributed by atoms with Crippen LogP contribution in [0.2, 0.25) is 0 Å². The van der Waals surface area contributed by atoms with Crippen LogP contribution in [-0.2, 0) is 44.3 Å². The molecule has 0 radical (unpaired) electrons. The Morgan fingerprint density at radius 3 is 1.09 bits per heavy atom. The number of benzene rings is 2. The van der Waals surface area contributed by atoms with E-state index in [1.165, 1.54) is 22.3 Å². The summed E-state index contributed by atoms with van der Waals surface area (Å²) in [7, 11) is 0. The maximum Gasteiger partial charge on any atom is -0.0126 e. The standard InChI is InChI=1S/C43H72/c1-27(23-28-24-29(37(2,3)4)25-31(38(5,6)7)33(28)40(11,12)13)30-26-32(39(8,9)10)35(42(17,18)19)36(43(20,21)22)34(30)41(14,15)16/h24-27H,23H2,1-22H3. The lowest BCUT2D eigenvalue weighted by Gasteiger charge is -2.43. The molecule has 0 heteroatoms. The number of rotatable bonds is 3. The van der Waals surface area contributed by atoms with E-state index < -0.39 is 0 Å². The third kappa shape index (κ3) is 8.38. The van der Waals surface area contributed by atoms with Crippen molar-refractivity contribution in [2.75, 3.05) is 0 Å². The van der Waals surface area contributed by atoms with Gasteiger partial charge in [0.15, 0.2) is 0 Å². The third-order valence-electron chi connectivity index (χ3n) is 9.12. The first-order valence-electron chi connectivity index (χ1n) is 17.1. The average molecular weight is 589 g/mol. The van der Waals surface area contributed by atoms with Gasteiger partial charge in [0, 0.05) is 0 Å². The summed E-state index contributed by atoms with van der Waals surface area (Å²) in [5.74, 6) is 0.384. The van der Waals surface area contributed by atoms with Crippen LogP contribution in [-0.4, -0.2) is 0 Å². The van der Waals surface area contributed by atoms with Crippen LogP contribution < -0.4 is 0 Å². The fraction of sp³-hybridized carbons (Fsp3) is 0.721. The van der Waals surface area contributed by atoms with Crippen LogP contribution in [0, 0.1) is 0 Å². The smallest absolute Gasteiger partial charge is 0.0126 e. The van der Waals surface area contributed by atoms with Crippen molar-refractivity contribution in [2.24, 2.45) is 0 Å². The maximum atomic E-state index is 2.65. The van der Waals surface area contributed by atoms with Crippen LogP contribution in [0.4, 0.5) is 0 Å². The fourth-order valence-corrected chi connectivity index (χ4v) is 7.23. The van der Waals surface area contributed by atoms with Gasteiger partial charge in [-0.05, 0) is 100 Å². The van der Waals surface area contributed by atoms with Crippen molar-refractivity contribution in [3.63, 3.8) is 0 Å². The Kier molecular flexibility index (Phi) is 9.93.